The van der Waals surface area contributed by atoms with Crippen LogP contribution in [0.4, 0.5) is 5.69 Å². The molecule has 1 aromatic carbocycles. The van der Waals surface area contributed by atoms with Gasteiger partial charge in [-0.2, -0.15) is 0 Å². The number of para-hydroxylation sites is 1. The van der Waals surface area contributed by atoms with E-state index in [9.17, 15) is 4.79 Å². The Labute approximate surface area is 113 Å². The molecule has 0 radical (unpaired) electrons. The maximum atomic E-state index is 11.9. The van der Waals surface area contributed by atoms with E-state index < -0.39 is 0 Å². The van der Waals surface area contributed by atoms with E-state index in [4.69, 9.17) is 0 Å². The molecule has 98 valence electrons. The molecule has 19 heavy (non-hydrogen) atoms. The first-order valence-corrected chi connectivity index (χ1v) is 6.59. The first kappa shape index (κ1) is 13.3. The molecule has 0 atom stereocenters. The summed E-state index contributed by atoms with van der Waals surface area (Å²) in [5.74, 6) is 0.127. The molecule has 1 aromatic heterocycles. The summed E-state index contributed by atoms with van der Waals surface area (Å²) >= 11 is 0. The van der Waals surface area contributed by atoms with Gasteiger partial charge in [-0.3, -0.25) is 4.79 Å². The zero-order chi connectivity index (χ0) is 13.7. The largest absolute Gasteiger partial charge is 0.337 e. The molecular weight excluding hydrogens is 236 g/mol. The Hall–Kier alpha value is -2.16. The Morgan fingerprint density at radius 2 is 1.84 bits per heavy atom. The van der Waals surface area contributed by atoms with Gasteiger partial charge < -0.3 is 4.98 Å². The van der Waals surface area contributed by atoms with Crippen LogP contribution >= 0.6 is 0 Å². The van der Waals surface area contributed by atoms with Crippen molar-refractivity contribution in [2.24, 2.45) is 4.99 Å². The normalized spacial score (nSPS) is 11.6. The van der Waals surface area contributed by atoms with Crippen LogP contribution in [0.5, 0.6) is 0 Å². The third kappa shape index (κ3) is 3.19. The minimum atomic E-state index is 0.127. The maximum absolute atomic E-state index is 11.9. The van der Waals surface area contributed by atoms with Gasteiger partial charge in [0.05, 0.1) is 11.4 Å². The minimum absolute atomic E-state index is 0.127. The molecule has 0 aliphatic carbocycles. The quantitative estimate of drug-likeness (QED) is 0.835. The molecule has 0 fully saturated rings. The predicted molar refractivity (Wildman–Crippen MR) is 76.5 cm³/mol. The second-order valence-electron chi connectivity index (χ2n) is 4.32. The van der Waals surface area contributed by atoms with Gasteiger partial charge in [0, 0.05) is 6.42 Å². The summed E-state index contributed by atoms with van der Waals surface area (Å²) in [7, 11) is 0. The van der Waals surface area contributed by atoms with Crippen LogP contribution in [-0.4, -0.2) is 10.8 Å². The first-order chi connectivity index (χ1) is 9.24. The number of nitrogens with zero attached hydrogens (tertiary/aromatic N) is 1. The smallest absolute Gasteiger partial charge is 0.179 e. The van der Waals surface area contributed by atoms with Crippen molar-refractivity contribution in [3.8, 4) is 0 Å². The van der Waals surface area contributed by atoms with Crippen LogP contribution in [0.25, 0.3) is 0 Å². The molecule has 0 bridgehead atoms. The average Bonchev–Trinajstić information content (AvgIpc) is 2.47. The lowest BCUT2D eigenvalue weighted by Crippen LogP contribution is -2.15. The Kier molecular flexibility index (Phi) is 4.29. The summed E-state index contributed by atoms with van der Waals surface area (Å²) in [4.78, 5) is 19.6. The van der Waals surface area contributed by atoms with Crippen molar-refractivity contribution in [2.75, 3.05) is 0 Å². The number of aromatic amines is 1. The van der Waals surface area contributed by atoms with Crippen molar-refractivity contribution in [3.05, 3.63) is 59.2 Å². The van der Waals surface area contributed by atoms with E-state index in [0.29, 0.717) is 17.6 Å². The molecule has 1 N–H and O–H groups in total. The van der Waals surface area contributed by atoms with Gasteiger partial charge in [-0.25, -0.2) is 4.99 Å². The number of hydrogen-bond acceptors (Lipinski definition) is 2. The number of aromatic nitrogens is 1. The van der Waals surface area contributed by atoms with Crippen molar-refractivity contribution in [2.45, 2.75) is 26.7 Å². The number of H-pyrrole nitrogens is 1. The Bertz CT molecular complexity index is 627. The van der Waals surface area contributed by atoms with Gasteiger partial charge in [0.2, 0.25) is 0 Å². The highest BCUT2D eigenvalue weighted by Gasteiger charge is 2.08. The number of carbonyl (C=O) groups excluding carboxylic acids is 1. The van der Waals surface area contributed by atoms with Gasteiger partial charge in [-0.15, -0.1) is 0 Å². The fourth-order valence-electron chi connectivity index (χ4n) is 1.94. The Balaban J connectivity index is 2.49. The highest BCUT2D eigenvalue weighted by atomic mass is 16.1. The van der Waals surface area contributed by atoms with E-state index in [1.807, 2.05) is 56.3 Å². The topological polar surface area (TPSA) is 45.2 Å². The summed E-state index contributed by atoms with van der Waals surface area (Å²) < 4.78 is 0. The fraction of sp³-hybridized carbons (Fsp3) is 0.250. The summed E-state index contributed by atoms with van der Waals surface area (Å²) in [6, 6.07) is 13.6. The molecule has 3 nitrogen and oxygen atoms in total. The lowest BCUT2D eigenvalue weighted by Gasteiger charge is -2.05. The summed E-state index contributed by atoms with van der Waals surface area (Å²) in [6.07, 6.45) is 1.33. The second-order valence-corrected chi connectivity index (χ2v) is 4.32. The zero-order valence-electron chi connectivity index (χ0n) is 11.3. The van der Waals surface area contributed by atoms with Crippen LogP contribution < -0.4 is 5.49 Å². The number of ketones is 1. The maximum Gasteiger partial charge on any atom is 0.179 e. The molecule has 2 rings (SSSR count). The molecule has 0 unspecified atom stereocenters. The predicted octanol–water partition coefficient (Wildman–Crippen LogP) is 3.40. The highest BCUT2D eigenvalue weighted by molar-refractivity contribution is 5.95. The number of aryl methyl sites for hydroxylation is 1. The van der Waals surface area contributed by atoms with E-state index in [2.05, 4.69) is 9.98 Å². The number of rotatable bonds is 4. The standard InChI is InChI=1S/C16H18N2O/c1-3-12-10-11-15(18-16(12)14(19)4-2)17-13-8-6-5-7-9-13/h5-11H,3-4H2,1-2H3,(H,17,18). The van der Waals surface area contributed by atoms with Gasteiger partial charge in [0.25, 0.3) is 0 Å². The van der Waals surface area contributed by atoms with Gasteiger partial charge in [-0.05, 0) is 30.2 Å². The molecular formula is C16H18N2O. The molecule has 0 saturated carbocycles. The van der Waals surface area contributed by atoms with E-state index in [0.717, 1.165) is 17.7 Å². The van der Waals surface area contributed by atoms with Crippen molar-refractivity contribution in [3.63, 3.8) is 0 Å². The van der Waals surface area contributed by atoms with Gasteiger partial charge >= 0.3 is 0 Å². The molecule has 3 heteroatoms. The van der Waals surface area contributed by atoms with Crippen LogP contribution in [0, 0.1) is 0 Å². The molecule has 1 heterocycles. The lowest BCUT2D eigenvalue weighted by atomic mass is 10.1. The van der Waals surface area contributed by atoms with Crippen LogP contribution in [0.2, 0.25) is 0 Å². The number of hydrogen-bond donors (Lipinski definition) is 1. The van der Waals surface area contributed by atoms with Crippen LogP contribution in [0.1, 0.15) is 36.3 Å². The van der Waals surface area contributed by atoms with Gasteiger partial charge in [0.15, 0.2) is 5.78 Å². The number of nitrogens with one attached hydrogen (secondary N) is 1. The molecule has 0 amide bonds. The van der Waals surface area contributed by atoms with Crippen molar-refractivity contribution >= 4 is 11.5 Å². The molecule has 2 aromatic rings. The van der Waals surface area contributed by atoms with E-state index in [1.165, 1.54) is 0 Å². The lowest BCUT2D eigenvalue weighted by molar-refractivity contribution is 0.0982. The van der Waals surface area contributed by atoms with Crippen LogP contribution in [0.15, 0.2) is 47.5 Å². The number of benzene rings is 1. The monoisotopic (exact) mass is 254 g/mol. The zero-order valence-corrected chi connectivity index (χ0v) is 11.3. The van der Waals surface area contributed by atoms with Gasteiger partial charge in [0.1, 0.15) is 5.49 Å². The molecule has 0 aliphatic heterocycles. The number of Topliss-reactive ketones (excluding diaryl/α,β-unsaturated/α-hetero) is 1. The highest BCUT2D eigenvalue weighted by Crippen LogP contribution is 2.10. The van der Waals surface area contributed by atoms with E-state index >= 15 is 0 Å². The fourth-order valence-corrected chi connectivity index (χ4v) is 1.94. The van der Waals surface area contributed by atoms with Gasteiger partial charge in [-0.1, -0.05) is 38.1 Å². The molecule has 0 saturated heterocycles. The minimum Gasteiger partial charge on any atom is -0.337 e. The average molecular weight is 254 g/mol. The Morgan fingerprint density at radius 3 is 2.47 bits per heavy atom. The van der Waals surface area contributed by atoms with Crippen LogP contribution in [-0.2, 0) is 6.42 Å². The van der Waals surface area contributed by atoms with Crippen molar-refractivity contribution in [1.29, 1.82) is 0 Å². The van der Waals surface area contributed by atoms with E-state index in [-0.39, 0.29) is 5.78 Å². The summed E-state index contributed by atoms with van der Waals surface area (Å²) in [5.41, 5.74) is 3.30. The van der Waals surface area contributed by atoms with E-state index in [1.54, 1.807) is 0 Å². The third-order valence-corrected chi connectivity index (χ3v) is 3.00. The van der Waals surface area contributed by atoms with Crippen molar-refractivity contribution < 1.29 is 4.79 Å². The summed E-state index contributed by atoms with van der Waals surface area (Å²) in [5, 5.41) is 0. The molecule has 0 aliphatic rings. The SMILES string of the molecule is CCC(=O)c1[nH]c(=Nc2ccccc2)ccc1CC. The van der Waals surface area contributed by atoms with Crippen molar-refractivity contribution in [1.82, 2.24) is 4.98 Å². The second kappa shape index (κ2) is 6.14. The molecule has 0 spiro atoms. The number of pyridine rings is 1. The first-order valence-electron chi connectivity index (χ1n) is 6.59. The van der Waals surface area contributed by atoms with Crippen LogP contribution in [0.3, 0.4) is 0 Å². The number of carbonyl (C=O) groups is 1. The third-order valence-electron chi connectivity index (χ3n) is 3.00. The Morgan fingerprint density at radius 1 is 1.11 bits per heavy atom. The summed E-state index contributed by atoms with van der Waals surface area (Å²) in [6.45, 7) is 3.92.